The molecular formula is C21H35N3O3. The molecular weight excluding hydrogens is 342 g/mol. The molecule has 0 amide bonds. The Morgan fingerprint density at radius 3 is 2.96 bits per heavy atom. The van der Waals surface area contributed by atoms with Crippen LogP contribution in [-0.2, 0) is 16.0 Å². The van der Waals surface area contributed by atoms with Crippen molar-refractivity contribution < 1.29 is 14.2 Å². The Morgan fingerprint density at radius 1 is 1.26 bits per heavy atom. The molecule has 1 aliphatic rings. The third-order valence-electron chi connectivity index (χ3n) is 4.43. The summed E-state index contributed by atoms with van der Waals surface area (Å²) in [4.78, 5) is 4.27. The summed E-state index contributed by atoms with van der Waals surface area (Å²) in [6, 6.07) is 8.20. The second-order valence-electron chi connectivity index (χ2n) is 6.77. The van der Waals surface area contributed by atoms with Crippen LogP contribution in [0, 0.1) is 0 Å². The fourth-order valence-corrected chi connectivity index (χ4v) is 2.86. The highest BCUT2D eigenvalue weighted by atomic mass is 16.5. The third kappa shape index (κ3) is 9.11. The van der Waals surface area contributed by atoms with Gasteiger partial charge < -0.3 is 24.8 Å². The zero-order valence-electron chi connectivity index (χ0n) is 16.8. The van der Waals surface area contributed by atoms with Crippen molar-refractivity contribution in [1.29, 1.82) is 0 Å². The number of nitrogens with zero attached hydrogens (tertiary/aromatic N) is 1. The van der Waals surface area contributed by atoms with Gasteiger partial charge in [0.05, 0.1) is 19.3 Å². The fraction of sp³-hybridized carbons (Fsp3) is 0.667. The van der Waals surface area contributed by atoms with E-state index in [9.17, 15) is 0 Å². The first-order valence-corrected chi connectivity index (χ1v) is 10.2. The number of hydrogen-bond acceptors (Lipinski definition) is 4. The van der Waals surface area contributed by atoms with Gasteiger partial charge in [0, 0.05) is 33.4 Å². The first-order chi connectivity index (χ1) is 13.3. The lowest BCUT2D eigenvalue weighted by atomic mass is 10.2. The van der Waals surface area contributed by atoms with E-state index in [1.807, 2.05) is 12.1 Å². The van der Waals surface area contributed by atoms with E-state index in [1.54, 1.807) is 7.05 Å². The molecule has 152 valence electrons. The number of aliphatic imine (C=N–C) groups is 1. The molecule has 0 spiro atoms. The van der Waals surface area contributed by atoms with Crippen molar-refractivity contribution in [3.05, 3.63) is 29.8 Å². The lowest BCUT2D eigenvalue weighted by Crippen LogP contribution is -2.37. The van der Waals surface area contributed by atoms with Gasteiger partial charge in [0.1, 0.15) is 5.75 Å². The first kappa shape index (κ1) is 21.5. The van der Waals surface area contributed by atoms with Crippen molar-refractivity contribution >= 4 is 5.96 Å². The number of benzene rings is 1. The van der Waals surface area contributed by atoms with Gasteiger partial charge in [-0.2, -0.15) is 0 Å². The monoisotopic (exact) mass is 377 g/mol. The molecule has 1 aromatic carbocycles. The molecule has 1 heterocycles. The molecule has 1 unspecified atom stereocenters. The lowest BCUT2D eigenvalue weighted by Gasteiger charge is -2.13. The molecule has 1 aromatic rings. The molecule has 2 N–H and O–H groups in total. The zero-order chi connectivity index (χ0) is 19.2. The Hall–Kier alpha value is -1.79. The maximum atomic E-state index is 5.76. The molecule has 27 heavy (non-hydrogen) atoms. The molecule has 1 saturated heterocycles. The van der Waals surface area contributed by atoms with Gasteiger partial charge in [-0.15, -0.1) is 0 Å². The second-order valence-corrected chi connectivity index (χ2v) is 6.77. The van der Waals surface area contributed by atoms with Crippen molar-refractivity contribution in [2.75, 3.05) is 40.0 Å². The average molecular weight is 378 g/mol. The van der Waals surface area contributed by atoms with E-state index in [-0.39, 0.29) is 0 Å². The molecule has 1 atom stereocenters. The molecule has 6 heteroatoms. The first-order valence-electron chi connectivity index (χ1n) is 10.2. The number of guanidine groups is 1. The normalized spacial score (nSPS) is 17.1. The van der Waals surface area contributed by atoms with Crippen molar-refractivity contribution in [1.82, 2.24) is 10.6 Å². The van der Waals surface area contributed by atoms with E-state index < -0.39 is 0 Å². The van der Waals surface area contributed by atoms with E-state index in [4.69, 9.17) is 14.2 Å². The smallest absolute Gasteiger partial charge is 0.191 e. The highest BCUT2D eigenvalue weighted by molar-refractivity contribution is 5.79. The van der Waals surface area contributed by atoms with Crippen LogP contribution in [0.2, 0.25) is 0 Å². The largest absolute Gasteiger partial charge is 0.494 e. The quantitative estimate of drug-likeness (QED) is 0.333. The molecule has 0 bridgehead atoms. The average Bonchev–Trinajstić information content (AvgIpc) is 3.21. The minimum Gasteiger partial charge on any atom is -0.494 e. The van der Waals surface area contributed by atoms with E-state index in [0.717, 1.165) is 70.2 Å². The van der Waals surface area contributed by atoms with E-state index in [0.29, 0.717) is 19.3 Å². The SMILES string of the molecule is CCCCOc1cccc(CNC(=NC)NCCCOCC2CCCO2)c1. The van der Waals surface area contributed by atoms with Crippen LogP contribution in [0.25, 0.3) is 0 Å². The second kappa shape index (κ2) is 13.4. The Balaban J connectivity index is 1.58. The maximum Gasteiger partial charge on any atom is 0.191 e. The highest BCUT2D eigenvalue weighted by Gasteiger charge is 2.14. The number of hydrogen-bond donors (Lipinski definition) is 2. The summed E-state index contributed by atoms with van der Waals surface area (Å²) in [6.07, 6.45) is 5.74. The van der Waals surface area contributed by atoms with E-state index >= 15 is 0 Å². The number of unbranched alkanes of at least 4 members (excludes halogenated alkanes) is 1. The molecule has 0 saturated carbocycles. The number of ether oxygens (including phenoxy) is 3. The number of rotatable bonds is 12. The zero-order valence-corrected chi connectivity index (χ0v) is 16.8. The molecule has 0 aromatic heterocycles. The van der Waals surface area contributed by atoms with Crippen molar-refractivity contribution in [3.8, 4) is 5.75 Å². The predicted molar refractivity (Wildman–Crippen MR) is 109 cm³/mol. The molecule has 2 rings (SSSR count). The van der Waals surface area contributed by atoms with Gasteiger partial charge in [0.2, 0.25) is 0 Å². The van der Waals surface area contributed by atoms with E-state index in [2.05, 4.69) is 34.7 Å². The van der Waals surface area contributed by atoms with Crippen LogP contribution in [0.1, 0.15) is 44.6 Å². The Bertz CT molecular complexity index is 545. The van der Waals surface area contributed by atoms with Gasteiger partial charge in [-0.05, 0) is 43.4 Å². The predicted octanol–water partition coefficient (Wildman–Crippen LogP) is 3.12. The minimum atomic E-state index is 0.300. The summed E-state index contributed by atoms with van der Waals surface area (Å²) in [7, 11) is 1.79. The van der Waals surface area contributed by atoms with Crippen LogP contribution in [0.4, 0.5) is 0 Å². The molecule has 1 fully saturated rings. The van der Waals surface area contributed by atoms with Crippen LogP contribution >= 0.6 is 0 Å². The summed E-state index contributed by atoms with van der Waals surface area (Å²) in [5.41, 5.74) is 1.17. The summed E-state index contributed by atoms with van der Waals surface area (Å²) in [5, 5.41) is 6.66. The van der Waals surface area contributed by atoms with Gasteiger partial charge >= 0.3 is 0 Å². The van der Waals surface area contributed by atoms with Gasteiger partial charge in [0.15, 0.2) is 5.96 Å². The van der Waals surface area contributed by atoms with Gasteiger partial charge in [-0.1, -0.05) is 25.5 Å². The van der Waals surface area contributed by atoms with Crippen LogP contribution in [0.3, 0.4) is 0 Å². The Kier molecular flexibility index (Phi) is 10.7. The van der Waals surface area contributed by atoms with Crippen LogP contribution in [-0.4, -0.2) is 52.1 Å². The van der Waals surface area contributed by atoms with Crippen molar-refractivity contribution in [3.63, 3.8) is 0 Å². The summed E-state index contributed by atoms with van der Waals surface area (Å²) in [6.45, 7) is 6.80. The van der Waals surface area contributed by atoms with Crippen molar-refractivity contribution in [2.24, 2.45) is 4.99 Å². The summed E-state index contributed by atoms with van der Waals surface area (Å²) < 4.78 is 17.0. The fourth-order valence-electron chi connectivity index (χ4n) is 2.86. The lowest BCUT2D eigenvalue weighted by molar-refractivity contribution is 0.0168. The molecule has 6 nitrogen and oxygen atoms in total. The van der Waals surface area contributed by atoms with Gasteiger partial charge in [-0.3, -0.25) is 4.99 Å². The highest BCUT2D eigenvalue weighted by Crippen LogP contribution is 2.14. The topological polar surface area (TPSA) is 64.1 Å². The van der Waals surface area contributed by atoms with Crippen LogP contribution in [0.5, 0.6) is 5.75 Å². The molecule has 0 radical (unpaired) electrons. The summed E-state index contributed by atoms with van der Waals surface area (Å²) in [5.74, 6) is 1.72. The maximum absolute atomic E-state index is 5.76. The molecule has 1 aliphatic heterocycles. The van der Waals surface area contributed by atoms with Crippen LogP contribution in [0.15, 0.2) is 29.3 Å². The van der Waals surface area contributed by atoms with Crippen molar-refractivity contribution in [2.45, 2.75) is 51.7 Å². The standard InChI is InChI=1S/C21H35N3O3/c1-3-4-13-26-19-9-5-8-18(15-19)16-24-21(22-2)23-11-7-12-25-17-20-10-6-14-27-20/h5,8-9,15,20H,3-4,6-7,10-14,16-17H2,1-2H3,(H2,22,23,24). The Morgan fingerprint density at radius 2 is 2.19 bits per heavy atom. The van der Waals surface area contributed by atoms with Gasteiger partial charge in [-0.25, -0.2) is 0 Å². The minimum absolute atomic E-state index is 0.300. The summed E-state index contributed by atoms with van der Waals surface area (Å²) >= 11 is 0. The Labute approximate surface area is 163 Å². The van der Waals surface area contributed by atoms with Crippen LogP contribution < -0.4 is 15.4 Å². The van der Waals surface area contributed by atoms with E-state index in [1.165, 1.54) is 5.56 Å². The third-order valence-corrected chi connectivity index (χ3v) is 4.43. The van der Waals surface area contributed by atoms with Gasteiger partial charge in [0.25, 0.3) is 0 Å². The number of nitrogens with one attached hydrogen (secondary N) is 2. The molecule has 0 aliphatic carbocycles.